The van der Waals surface area contributed by atoms with Crippen LogP contribution in [0, 0.1) is 0 Å². The van der Waals surface area contributed by atoms with E-state index in [0.717, 1.165) is 32.5 Å². The van der Waals surface area contributed by atoms with E-state index in [-0.39, 0.29) is 5.91 Å². The number of carbonyl (C=O) groups excluding carboxylic acids is 1. The Morgan fingerprint density at radius 3 is 2.54 bits per heavy atom. The molecule has 1 atom stereocenters. The summed E-state index contributed by atoms with van der Waals surface area (Å²) in [5.74, 6) is 0.837. The van der Waals surface area contributed by atoms with Crippen LogP contribution in [0.2, 0.25) is 0 Å². The molecule has 1 aliphatic heterocycles. The largest absolute Gasteiger partial charge is 0.352 e. The third-order valence-electron chi connectivity index (χ3n) is 6.40. The van der Waals surface area contributed by atoms with Crippen molar-refractivity contribution >= 4 is 5.91 Å². The van der Waals surface area contributed by atoms with Crippen molar-refractivity contribution in [3.63, 3.8) is 0 Å². The highest BCUT2D eigenvalue weighted by molar-refractivity contribution is 5.79. The quantitative estimate of drug-likeness (QED) is 0.780. The number of nitrogens with one attached hydrogen (secondary N) is 1. The lowest BCUT2D eigenvalue weighted by atomic mass is 9.91. The molecule has 2 aromatic rings. The maximum Gasteiger partial charge on any atom is 0.224 e. The molecular formula is C25H32N2O. The number of nitrogens with zero attached hydrogens (tertiary/aromatic N) is 1. The lowest BCUT2D eigenvalue weighted by Crippen LogP contribution is -2.38. The fraction of sp³-hybridized carbons (Fsp3) is 0.480. The third kappa shape index (κ3) is 5.02. The van der Waals surface area contributed by atoms with E-state index in [0.29, 0.717) is 18.4 Å². The molecule has 148 valence electrons. The fourth-order valence-electron chi connectivity index (χ4n) is 4.87. The summed E-state index contributed by atoms with van der Waals surface area (Å²) in [6.07, 6.45) is 7.86. The van der Waals surface area contributed by atoms with Gasteiger partial charge in [-0.3, -0.25) is 4.79 Å². The minimum atomic E-state index is 0.181. The summed E-state index contributed by atoms with van der Waals surface area (Å²) < 4.78 is 0. The van der Waals surface area contributed by atoms with Gasteiger partial charge in [0, 0.05) is 25.7 Å². The molecule has 0 spiro atoms. The number of amides is 1. The van der Waals surface area contributed by atoms with Crippen LogP contribution in [0.3, 0.4) is 0 Å². The second-order valence-corrected chi connectivity index (χ2v) is 8.45. The molecule has 4 rings (SSSR count). The SMILES string of the molecule is O=C(Cc1ccccc1C1CCCC1)NC1CCN(CCc2ccccc2)C1. The van der Waals surface area contributed by atoms with Crippen LogP contribution in [0.25, 0.3) is 0 Å². The van der Waals surface area contributed by atoms with Crippen LogP contribution >= 0.6 is 0 Å². The second kappa shape index (κ2) is 9.38. The van der Waals surface area contributed by atoms with Gasteiger partial charge < -0.3 is 10.2 Å². The summed E-state index contributed by atoms with van der Waals surface area (Å²) in [6, 6.07) is 19.5. The van der Waals surface area contributed by atoms with E-state index in [4.69, 9.17) is 0 Å². The zero-order chi connectivity index (χ0) is 19.2. The van der Waals surface area contributed by atoms with Crippen molar-refractivity contribution < 1.29 is 4.79 Å². The highest BCUT2D eigenvalue weighted by atomic mass is 16.1. The molecule has 1 saturated carbocycles. The molecule has 1 N–H and O–H groups in total. The lowest BCUT2D eigenvalue weighted by molar-refractivity contribution is -0.121. The van der Waals surface area contributed by atoms with Gasteiger partial charge in [-0.05, 0) is 48.3 Å². The van der Waals surface area contributed by atoms with Gasteiger partial charge in [0.25, 0.3) is 0 Å². The first-order valence-corrected chi connectivity index (χ1v) is 10.9. The number of rotatable bonds is 7. The number of likely N-dealkylation sites (tertiary alicyclic amines) is 1. The second-order valence-electron chi connectivity index (χ2n) is 8.45. The Balaban J connectivity index is 1.26. The first-order chi connectivity index (χ1) is 13.8. The molecule has 0 aromatic heterocycles. The van der Waals surface area contributed by atoms with Crippen LogP contribution in [0.15, 0.2) is 54.6 Å². The fourth-order valence-corrected chi connectivity index (χ4v) is 4.87. The van der Waals surface area contributed by atoms with Gasteiger partial charge in [-0.25, -0.2) is 0 Å². The minimum absolute atomic E-state index is 0.181. The van der Waals surface area contributed by atoms with Crippen molar-refractivity contribution in [3.8, 4) is 0 Å². The molecule has 28 heavy (non-hydrogen) atoms. The zero-order valence-corrected chi connectivity index (χ0v) is 16.8. The van der Waals surface area contributed by atoms with Crippen LogP contribution in [0.5, 0.6) is 0 Å². The molecule has 1 saturated heterocycles. The summed E-state index contributed by atoms with van der Waals surface area (Å²) in [6.45, 7) is 3.13. The Hall–Kier alpha value is -2.13. The summed E-state index contributed by atoms with van der Waals surface area (Å²) >= 11 is 0. The summed E-state index contributed by atoms with van der Waals surface area (Å²) in [5.41, 5.74) is 4.02. The Morgan fingerprint density at radius 2 is 1.71 bits per heavy atom. The maximum absolute atomic E-state index is 12.7. The molecule has 2 aromatic carbocycles. The topological polar surface area (TPSA) is 32.3 Å². The Labute approximate surface area is 169 Å². The average molecular weight is 377 g/mol. The van der Waals surface area contributed by atoms with Gasteiger partial charge in [-0.1, -0.05) is 67.4 Å². The standard InChI is InChI=1S/C25H32N2O/c28-25(18-22-12-6-7-13-24(22)21-10-4-5-11-21)26-23-15-17-27(19-23)16-14-20-8-2-1-3-9-20/h1-3,6-9,12-13,21,23H,4-5,10-11,14-19H2,(H,26,28). The van der Waals surface area contributed by atoms with Crippen molar-refractivity contribution in [2.45, 2.75) is 56.9 Å². The van der Waals surface area contributed by atoms with Crippen molar-refractivity contribution in [3.05, 3.63) is 71.3 Å². The smallest absolute Gasteiger partial charge is 0.224 e. The van der Waals surface area contributed by atoms with Gasteiger partial charge in [0.05, 0.1) is 6.42 Å². The zero-order valence-electron chi connectivity index (χ0n) is 16.8. The summed E-state index contributed by atoms with van der Waals surface area (Å²) in [7, 11) is 0. The van der Waals surface area contributed by atoms with E-state index in [2.05, 4.69) is 64.8 Å². The number of hydrogen-bond acceptors (Lipinski definition) is 2. The van der Waals surface area contributed by atoms with E-state index in [1.807, 2.05) is 0 Å². The van der Waals surface area contributed by atoms with Crippen molar-refractivity contribution in [1.29, 1.82) is 0 Å². The van der Waals surface area contributed by atoms with Crippen LogP contribution < -0.4 is 5.32 Å². The maximum atomic E-state index is 12.7. The van der Waals surface area contributed by atoms with Crippen molar-refractivity contribution in [1.82, 2.24) is 10.2 Å². The highest BCUT2D eigenvalue weighted by Crippen LogP contribution is 2.35. The Bertz CT molecular complexity index is 767. The predicted molar refractivity (Wildman–Crippen MR) is 114 cm³/mol. The molecule has 0 bridgehead atoms. The van der Waals surface area contributed by atoms with Gasteiger partial charge in [0.1, 0.15) is 0 Å². The molecule has 1 heterocycles. The predicted octanol–water partition coefficient (Wildman–Crippen LogP) is 4.32. The van der Waals surface area contributed by atoms with Crippen LogP contribution in [-0.2, 0) is 17.6 Å². The molecule has 1 unspecified atom stereocenters. The van der Waals surface area contributed by atoms with Crippen LogP contribution in [0.1, 0.15) is 54.7 Å². The molecule has 1 amide bonds. The number of benzene rings is 2. The highest BCUT2D eigenvalue weighted by Gasteiger charge is 2.25. The molecule has 3 heteroatoms. The summed E-state index contributed by atoms with van der Waals surface area (Å²) in [4.78, 5) is 15.2. The molecular weight excluding hydrogens is 344 g/mol. The lowest BCUT2D eigenvalue weighted by Gasteiger charge is -2.18. The van der Waals surface area contributed by atoms with Gasteiger partial charge in [0.15, 0.2) is 0 Å². The van der Waals surface area contributed by atoms with Crippen LogP contribution in [0.4, 0.5) is 0 Å². The Morgan fingerprint density at radius 1 is 0.964 bits per heavy atom. The Kier molecular flexibility index (Phi) is 6.43. The van der Waals surface area contributed by atoms with Gasteiger partial charge in [-0.15, -0.1) is 0 Å². The normalized spacial score (nSPS) is 20.5. The molecule has 0 radical (unpaired) electrons. The van der Waals surface area contributed by atoms with E-state index >= 15 is 0 Å². The van der Waals surface area contributed by atoms with E-state index in [1.165, 1.54) is 42.4 Å². The first-order valence-electron chi connectivity index (χ1n) is 10.9. The molecule has 3 nitrogen and oxygen atoms in total. The minimum Gasteiger partial charge on any atom is -0.352 e. The van der Waals surface area contributed by atoms with Crippen molar-refractivity contribution in [2.24, 2.45) is 0 Å². The van der Waals surface area contributed by atoms with Gasteiger partial charge in [-0.2, -0.15) is 0 Å². The number of carbonyl (C=O) groups is 1. The van der Waals surface area contributed by atoms with E-state index in [9.17, 15) is 4.79 Å². The third-order valence-corrected chi connectivity index (χ3v) is 6.40. The van der Waals surface area contributed by atoms with Gasteiger partial charge in [0.2, 0.25) is 5.91 Å². The molecule has 2 aliphatic rings. The van der Waals surface area contributed by atoms with Gasteiger partial charge >= 0.3 is 0 Å². The van der Waals surface area contributed by atoms with Crippen molar-refractivity contribution in [2.75, 3.05) is 19.6 Å². The van der Waals surface area contributed by atoms with Crippen LogP contribution in [-0.4, -0.2) is 36.5 Å². The monoisotopic (exact) mass is 376 g/mol. The average Bonchev–Trinajstić information content (AvgIpc) is 3.40. The molecule has 1 aliphatic carbocycles. The summed E-state index contributed by atoms with van der Waals surface area (Å²) in [5, 5.41) is 3.29. The number of hydrogen-bond donors (Lipinski definition) is 1. The first kappa shape index (κ1) is 19.2. The molecule has 2 fully saturated rings. The van der Waals surface area contributed by atoms with E-state index in [1.54, 1.807) is 0 Å². The van der Waals surface area contributed by atoms with E-state index < -0.39 is 0 Å².